The van der Waals surface area contributed by atoms with Crippen LogP contribution in [0.5, 0.6) is 0 Å². The van der Waals surface area contributed by atoms with Crippen molar-refractivity contribution in [3.05, 3.63) is 0 Å². The number of nitrogens with two attached hydrogens (primary N) is 2. The monoisotopic (exact) mass is 457 g/mol. The molecule has 10 nitrogen and oxygen atoms in total. The van der Waals surface area contributed by atoms with Crippen LogP contribution < -0.4 is 27.4 Å². The lowest BCUT2D eigenvalue weighted by Gasteiger charge is -2.28. The van der Waals surface area contributed by atoms with Crippen molar-refractivity contribution in [1.29, 1.82) is 0 Å². The molecule has 0 aliphatic rings. The van der Waals surface area contributed by atoms with Gasteiger partial charge in [0, 0.05) is 0 Å². The van der Waals surface area contributed by atoms with E-state index < -0.39 is 47.9 Å². The van der Waals surface area contributed by atoms with E-state index in [1.807, 2.05) is 13.8 Å². The molecule has 0 aromatic rings. The SMILES string of the molecule is CC(C)CC(NC(=O)C(NC(=O)C(NC(=O)C(N)CCCCN)C(C)C)C(C)C)C(=O)O. The van der Waals surface area contributed by atoms with E-state index in [9.17, 15) is 24.3 Å². The molecule has 0 rings (SSSR count). The second-order valence-electron chi connectivity index (χ2n) is 9.38. The van der Waals surface area contributed by atoms with E-state index in [0.29, 0.717) is 19.4 Å². The van der Waals surface area contributed by atoms with Crippen LogP contribution in [-0.2, 0) is 19.2 Å². The average Bonchev–Trinajstić information content (AvgIpc) is 2.68. The lowest BCUT2D eigenvalue weighted by molar-refractivity contribution is -0.143. The second-order valence-corrected chi connectivity index (χ2v) is 9.38. The number of carboxylic acids is 1. The van der Waals surface area contributed by atoms with Crippen molar-refractivity contribution in [2.24, 2.45) is 29.2 Å². The summed E-state index contributed by atoms with van der Waals surface area (Å²) in [6.45, 7) is 11.3. The number of carbonyl (C=O) groups is 4. The Morgan fingerprint density at radius 1 is 0.781 bits per heavy atom. The first kappa shape index (κ1) is 29.8. The maximum Gasteiger partial charge on any atom is 0.326 e. The summed E-state index contributed by atoms with van der Waals surface area (Å²) >= 11 is 0. The molecule has 0 fully saturated rings. The number of unbranched alkanes of at least 4 members (excludes halogenated alkanes) is 1. The molecular formula is C22H43N5O5. The Morgan fingerprint density at radius 3 is 1.66 bits per heavy atom. The van der Waals surface area contributed by atoms with Crippen molar-refractivity contribution in [3.63, 3.8) is 0 Å². The highest BCUT2D eigenvalue weighted by Crippen LogP contribution is 2.10. The van der Waals surface area contributed by atoms with Crippen molar-refractivity contribution in [2.45, 2.75) is 91.4 Å². The van der Waals surface area contributed by atoms with Crippen LogP contribution in [0.25, 0.3) is 0 Å². The van der Waals surface area contributed by atoms with Gasteiger partial charge in [0.25, 0.3) is 0 Å². The van der Waals surface area contributed by atoms with Crippen LogP contribution in [0.2, 0.25) is 0 Å². The number of nitrogens with one attached hydrogen (secondary N) is 3. The normalized spacial score (nSPS) is 15.2. The molecule has 0 aliphatic heterocycles. The minimum atomic E-state index is -1.13. The Labute approximate surface area is 191 Å². The van der Waals surface area contributed by atoms with E-state index in [2.05, 4.69) is 16.0 Å². The summed E-state index contributed by atoms with van der Waals surface area (Å²) in [4.78, 5) is 49.7. The number of amides is 3. The summed E-state index contributed by atoms with van der Waals surface area (Å²) in [5.74, 6) is -3.15. The molecule has 0 saturated carbocycles. The second kappa shape index (κ2) is 14.8. The van der Waals surface area contributed by atoms with Crippen molar-refractivity contribution >= 4 is 23.7 Å². The fourth-order valence-electron chi connectivity index (χ4n) is 3.17. The maximum atomic E-state index is 12.9. The smallest absolute Gasteiger partial charge is 0.326 e. The van der Waals surface area contributed by atoms with Gasteiger partial charge in [-0.1, -0.05) is 48.0 Å². The molecule has 0 aromatic heterocycles. The van der Waals surface area contributed by atoms with E-state index in [1.165, 1.54) is 0 Å². The van der Waals surface area contributed by atoms with E-state index in [0.717, 1.165) is 6.42 Å². The topological polar surface area (TPSA) is 177 Å². The van der Waals surface area contributed by atoms with Gasteiger partial charge >= 0.3 is 5.97 Å². The van der Waals surface area contributed by atoms with Gasteiger partial charge in [0.2, 0.25) is 17.7 Å². The standard InChI is InChI=1S/C22H43N5O5/c1-12(2)11-16(22(31)32)25-20(29)17(13(3)4)27-21(30)18(14(5)6)26-19(28)15(24)9-7-8-10-23/h12-18H,7-11,23-24H2,1-6H3,(H,25,29)(H,26,28)(H,27,30)(H,31,32). The Kier molecular flexibility index (Phi) is 13.8. The first-order valence-electron chi connectivity index (χ1n) is 11.4. The number of rotatable bonds is 15. The van der Waals surface area contributed by atoms with Gasteiger partial charge in [-0.3, -0.25) is 14.4 Å². The number of carboxylic acid groups (broad SMARTS) is 1. The third-order valence-corrected chi connectivity index (χ3v) is 5.12. The molecule has 0 saturated heterocycles. The van der Waals surface area contributed by atoms with Gasteiger partial charge in [0.15, 0.2) is 0 Å². The summed E-state index contributed by atoms with van der Waals surface area (Å²) in [5.41, 5.74) is 11.4. The van der Waals surface area contributed by atoms with Crippen LogP contribution in [0, 0.1) is 17.8 Å². The summed E-state index contributed by atoms with van der Waals surface area (Å²) in [5, 5.41) is 17.3. The van der Waals surface area contributed by atoms with Gasteiger partial charge in [-0.2, -0.15) is 0 Å². The molecular weight excluding hydrogens is 414 g/mol. The summed E-state index contributed by atoms with van der Waals surface area (Å²) in [7, 11) is 0. The molecule has 0 heterocycles. The minimum absolute atomic E-state index is 0.0677. The van der Waals surface area contributed by atoms with Gasteiger partial charge < -0.3 is 32.5 Å². The molecule has 0 aromatic carbocycles. The zero-order valence-electron chi connectivity index (χ0n) is 20.3. The molecule has 32 heavy (non-hydrogen) atoms. The predicted octanol–water partition coefficient (Wildman–Crippen LogP) is 0.340. The van der Waals surface area contributed by atoms with Crippen molar-refractivity contribution in [1.82, 2.24) is 16.0 Å². The van der Waals surface area contributed by atoms with E-state index >= 15 is 0 Å². The number of aliphatic carboxylic acids is 1. The number of hydrogen-bond donors (Lipinski definition) is 6. The fraction of sp³-hybridized carbons (Fsp3) is 0.818. The highest BCUT2D eigenvalue weighted by Gasteiger charge is 2.33. The summed E-state index contributed by atoms with van der Waals surface area (Å²) in [6.07, 6.45) is 2.19. The average molecular weight is 458 g/mol. The van der Waals surface area contributed by atoms with Crippen LogP contribution in [0.1, 0.15) is 67.2 Å². The van der Waals surface area contributed by atoms with Gasteiger partial charge in [-0.25, -0.2) is 4.79 Å². The van der Waals surface area contributed by atoms with Crippen LogP contribution >= 0.6 is 0 Å². The van der Waals surface area contributed by atoms with Crippen molar-refractivity contribution in [3.8, 4) is 0 Å². The van der Waals surface area contributed by atoms with Gasteiger partial charge in [0.05, 0.1) is 6.04 Å². The molecule has 8 N–H and O–H groups in total. The van der Waals surface area contributed by atoms with Crippen molar-refractivity contribution < 1.29 is 24.3 Å². The first-order chi connectivity index (χ1) is 14.8. The van der Waals surface area contributed by atoms with Crippen LogP contribution in [0.15, 0.2) is 0 Å². The lowest BCUT2D eigenvalue weighted by Crippen LogP contribution is -2.59. The molecule has 0 aliphatic carbocycles. The molecule has 10 heteroatoms. The molecule has 186 valence electrons. The zero-order chi connectivity index (χ0) is 25.0. The van der Waals surface area contributed by atoms with Gasteiger partial charge in [0.1, 0.15) is 18.1 Å². The molecule has 4 unspecified atom stereocenters. The molecule has 0 bridgehead atoms. The quantitative estimate of drug-likeness (QED) is 0.192. The highest BCUT2D eigenvalue weighted by atomic mass is 16.4. The van der Waals surface area contributed by atoms with Crippen LogP contribution in [-0.4, -0.2) is 59.5 Å². The summed E-state index contributed by atoms with van der Waals surface area (Å²) < 4.78 is 0. The largest absolute Gasteiger partial charge is 0.480 e. The molecule has 0 radical (unpaired) electrons. The molecule has 4 atom stereocenters. The Hall–Kier alpha value is -2.20. The van der Waals surface area contributed by atoms with Gasteiger partial charge in [-0.05, 0) is 43.6 Å². The third kappa shape index (κ3) is 10.9. The molecule has 0 spiro atoms. The van der Waals surface area contributed by atoms with Crippen LogP contribution in [0.4, 0.5) is 0 Å². The number of carbonyl (C=O) groups excluding carboxylic acids is 3. The Bertz CT molecular complexity index is 624. The lowest BCUT2D eigenvalue weighted by atomic mass is 9.98. The van der Waals surface area contributed by atoms with Crippen LogP contribution in [0.3, 0.4) is 0 Å². The van der Waals surface area contributed by atoms with Crippen molar-refractivity contribution in [2.75, 3.05) is 6.54 Å². The third-order valence-electron chi connectivity index (χ3n) is 5.12. The maximum absolute atomic E-state index is 12.9. The number of hydrogen-bond acceptors (Lipinski definition) is 6. The van der Waals surface area contributed by atoms with E-state index in [1.54, 1.807) is 27.7 Å². The predicted molar refractivity (Wildman–Crippen MR) is 123 cm³/mol. The minimum Gasteiger partial charge on any atom is -0.480 e. The fourth-order valence-corrected chi connectivity index (χ4v) is 3.17. The zero-order valence-corrected chi connectivity index (χ0v) is 20.3. The molecule has 3 amide bonds. The first-order valence-corrected chi connectivity index (χ1v) is 11.4. The summed E-state index contributed by atoms with van der Waals surface area (Å²) in [6, 6.07) is -3.64. The van der Waals surface area contributed by atoms with Gasteiger partial charge in [-0.15, -0.1) is 0 Å². The Morgan fingerprint density at radius 2 is 1.25 bits per heavy atom. The Balaban J connectivity index is 5.26. The highest BCUT2D eigenvalue weighted by molar-refractivity contribution is 5.94. The van der Waals surface area contributed by atoms with E-state index in [-0.39, 0.29) is 24.2 Å². The van der Waals surface area contributed by atoms with E-state index in [4.69, 9.17) is 11.5 Å².